The Kier molecular flexibility index (Phi) is 7.21. The van der Waals surface area contributed by atoms with E-state index in [2.05, 4.69) is 21.2 Å². The van der Waals surface area contributed by atoms with Gasteiger partial charge in [0.1, 0.15) is 5.75 Å². The van der Waals surface area contributed by atoms with Gasteiger partial charge in [-0.25, -0.2) is 4.79 Å². The van der Waals surface area contributed by atoms with Gasteiger partial charge < -0.3 is 14.8 Å². The molecule has 0 aromatic heterocycles. The molecule has 0 bridgehead atoms. The van der Waals surface area contributed by atoms with Gasteiger partial charge in [-0.05, 0) is 44.0 Å². The third-order valence-electron chi connectivity index (χ3n) is 3.79. The molecule has 26 heavy (non-hydrogen) atoms. The molecular weight excluding hydrogens is 398 g/mol. The minimum atomic E-state index is -0.589. The topological polar surface area (TPSA) is 64.6 Å². The lowest BCUT2D eigenvalue weighted by Gasteiger charge is -2.16. The summed E-state index contributed by atoms with van der Waals surface area (Å²) in [7, 11) is 0. The third-order valence-corrected chi connectivity index (χ3v) is 4.51. The van der Waals surface area contributed by atoms with Crippen LogP contribution >= 0.6 is 15.9 Å². The monoisotopic (exact) mass is 419 g/mol. The molecule has 0 saturated heterocycles. The molecule has 0 heterocycles. The minimum Gasteiger partial charge on any atom is -0.482 e. The Labute approximate surface area is 161 Å². The van der Waals surface area contributed by atoms with Gasteiger partial charge in [-0.3, -0.25) is 4.79 Å². The molecule has 1 atom stereocenters. The Morgan fingerprint density at radius 3 is 2.54 bits per heavy atom. The highest BCUT2D eigenvalue weighted by Crippen LogP contribution is 2.22. The average Bonchev–Trinajstić information content (AvgIpc) is 2.59. The second-order valence-electron chi connectivity index (χ2n) is 6.03. The number of benzene rings is 2. The first-order valence-electron chi connectivity index (χ1n) is 8.26. The number of halogens is 1. The number of nitrogens with one attached hydrogen (secondary N) is 1. The number of ether oxygens (including phenoxy) is 2. The van der Waals surface area contributed by atoms with Crippen molar-refractivity contribution in [1.82, 2.24) is 5.32 Å². The van der Waals surface area contributed by atoms with Gasteiger partial charge in [0.05, 0.1) is 6.04 Å². The zero-order valence-corrected chi connectivity index (χ0v) is 16.6. The number of aryl methyl sites for hydroxylation is 2. The average molecular weight is 420 g/mol. The SMILES string of the molecule is Cc1ccc(OCC(=O)OCC(=O)N[C@H](C)c2ccccc2Br)c(C)c1. The van der Waals surface area contributed by atoms with Crippen molar-refractivity contribution in [2.45, 2.75) is 26.8 Å². The maximum atomic E-state index is 12.0. The molecule has 0 radical (unpaired) electrons. The highest BCUT2D eigenvalue weighted by Gasteiger charge is 2.14. The molecule has 0 aliphatic carbocycles. The maximum absolute atomic E-state index is 12.0. The van der Waals surface area contributed by atoms with Crippen LogP contribution in [0.25, 0.3) is 0 Å². The van der Waals surface area contributed by atoms with Crippen LogP contribution < -0.4 is 10.1 Å². The van der Waals surface area contributed by atoms with Crippen molar-refractivity contribution < 1.29 is 19.1 Å². The molecule has 1 N–H and O–H groups in total. The van der Waals surface area contributed by atoms with E-state index in [1.54, 1.807) is 0 Å². The van der Waals surface area contributed by atoms with Crippen molar-refractivity contribution in [2.75, 3.05) is 13.2 Å². The standard InChI is InChI=1S/C20H22BrNO4/c1-13-8-9-18(14(2)10-13)25-12-20(24)26-11-19(23)22-15(3)16-6-4-5-7-17(16)21/h4-10,15H,11-12H2,1-3H3,(H,22,23)/t15-/m1/s1. The Morgan fingerprint density at radius 2 is 1.85 bits per heavy atom. The first kappa shape index (κ1) is 20.0. The highest BCUT2D eigenvalue weighted by atomic mass is 79.9. The largest absolute Gasteiger partial charge is 0.482 e. The third kappa shape index (κ3) is 5.88. The van der Waals surface area contributed by atoms with E-state index < -0.39 is 5.97 Å². The molecule has 2 aromatic carbocycles. The van der Waals surface area contributed by atoms with Gasteiger partial charge in [0, 0.05) is 4.47 Å². The highest BCUT2D eigenvalue weighted by molar-refractivity contribution is 9.10. The van der Waals surface area contributed by atoms with Crippen molar-refractivity contribution in [1.29, 1.82) is 0 Å². The van der Waals surface area contributed by atoms with E-state index in [1.165, 1.54) is 0 Å². The lowest BCUT2D eigenvalue weighted by atomic mass is 10.1. The second kappa shape index (κ2) is 9.38. The molecular formula is C20H22BrNO4. The van der Waals surface area contributed by atoms with Crippen molar-refractivity contribution in [2.24, 2.45) is 0 Å². The molecule has 0 aliphatic rings. The van der Waals surface area contributed by atoms with Gasteiger partial charge in [0.15, 0.2) is 13.2 Å². The van der Waals surface area contributed by atoms with Crippen LogP contribution in [-0.2, 0) is 14.3 Å². The van der Waals surface area contributed by atoms with Crippen molar-refractivity contribution in [3.63, 3.8) is 0 Å². The fourth-order valence-electron chi connectivity index (χ4n) is 2.47. The zero-order valence-electron chi connectivity index (χ0n) is 15.0. The summed E-state index contributed by atoms with van der Waals surface area (Å²) >= 11 is 3.45. The number of hydrogen-bond donors (Lipinski definition) is 1. The summed E-state index contributed by atoms with van der Waals surface area (Å²) in [6, 6.07) is 13.1. The summed E-state index contributed by atoms with van der Waals surface area (Å²) in [4.78, 5) is 23.7. The molecule has 0 aliphatic heterocycles. The molecule has 6 heteroatoms. The zero-order chi connectivity index (χ0) is 19.1. The number of hydrogen-bond acceptors (Lipinski definition) is 4. The van der Waals surface area contributed by atoms with Crippen LogP contribution in [-0.4, -0.2) is 25.1 Å². The van der Waals surface area contributed by atoms with E-state index in [-0.39, 0.29) is 25.2 Å². The van der Waals surface area contributed by atoms with Crippen LogP contribution in [0.1, 0.15) is 29.7 Å². The van der Waals surface area contributed by atoms with Crippen LogP contribution in [0.15, 0.2) is 46.9 Å². The summed E-state index contributed by atoms with van der Waals surface area (Å²) < 4.78 is 11.3. The molecule has 0 fully saturated rings. The molecule has 2 rings (SSSR count). The normalized spacial score (nSPS) is 11.5. The van der Waals surface area contributed by atoms with E-state index in [0.717, 1.165) is 21.2 Å². The molecule has 2 aromatic rings. The van der Waals surface area contributed by atoms with E-state index in [4.69, 9.17) is 9.47 Å². The van der Waals surface area contributed by atoms with Gasteiger partial charge >= 0.3 is 5.97 Å². The van der Waals surface area contributed by atoms with Gasteiger partial charge in [0.25, 0.3) is 5.91 Å². The predicted octanol–water partition coefficient (Wildman–Crippen LogP) is 3.87. The number of rotatable bonds is 7. The molecule has 0 spiro atoms. The summed E-state index contributed by atoms with van der Waals surface area (Å²) in [5.41, 5.74) is 3.01. The lowest BCUT2D eigenvalue weighted by molar-refractivity contribution is -0.150. The van der Waals surface area contributed by atoms with Gasteiger partial charge in [0.2, 0.25) is 0 Å². The minimum absolute atomic E-state index is 0.205. The number of esters is 1. The Hall–Kier alpha value is -2.34. The van der Waals surface area contributed by atoms with E-state index in [1.807, 2.05) is 63.2 Å². The molecule has 5 nitrogen and oxygen atoms in total. The fraction of sp³-hybridized carbons (Fsp3) is 0.300. The van der Waals surface area contributed by atoms with Gasteiger partial charge in [-0.1, -0.05) is 51.8 Å². The van der Waals surface area contributed by atoms with Gasteiger partial charge in [-0.2, -0.15) is 0 Å². The Bertz CT molecular complexity index is 791. The Morgan fingerprint density at radius 1 is 1.12 bits per heavy atom. The second-order valence-corrected chi connectivity index (χ2v) is 6.88. The van der Waals surface area contributed by atoms with Crippen LogP contribution in [0, 0.1) is 13.8 Å². The van der Waals surface area contributed by atoms with E-state index in [9.17, 15) is 9.59 Å². The van der Waals surface area contributed by atoms with Crippen LogP contribution in [0.5, 0.6) is 5.75 Å². The molecule has 0 unspecified atom stereocenters. The smallest absolute Gasteiger partial charge is 0.344 e. The van der Waals surface area contributed by atoms with Crippen LogP contribution in [0.3, 0.4) is 0 Å². The summed E-state index contributed by atoms with van der Waals surface area (Å²) in [5.74, 6) is -0.332. The number of carbonyl (C=O) groups excluding carboxylic acids is 2. The van der Waals surface area contributed by atoms with Crippen molar-refractivity contribution in [3.05, 3.63) is 63.6 Å². The number of carbonyl (C=O) groups is 2. The molecule has 0 saturated carbocycles. The molecule has 138 valence electrons. The lowest BCUT2D eigenvalue weighted by Crippen LogP contribution is -2.32. The summed E-state index contributed by atoms with van der Waals surface area (Å²) in [6.07, 6.45) is 0. The summed E-state index contributed by atoms with van der Waals surface area (Å²) in [6.45, 7) is 5.17. The van der Waals surface area contributed by atoms with Crippen LogP contribution in [0.2, 0.25) is 0 Å². The van der Waals surface area contributed by atoms with Crippen LogP contribution in [0.4, 0.5) is 0 Å². The predicted molar refractivity (Wildman–Crippen MR) is 103 cm³/mol. The number of amides is 1. The fourth-order valence-corrected chi connectivity index (χ4v) is 3.10. The van der Waals surface area contributed by atoms with Crippen molar-refractivity contribution >= 4 is 27.8 Å². The van der Waals surface area contributed by atoms with Crippen molar-refractivity contribution in [3.8, 4) is 5.75 Å². The van der Waals surface area contributed by atoms with E-state index in [0.29, 0.717) is 5.75 Å². The maximum Gasteiger partial charge on any atom is 0.344 e. The summed E-state index contributed by atoms with van der Waals surface area (Å²) in [5, 5.41) is 2.79. The van der Waals surface area contributed by atoms with E-state index >= 15 is 0 Å². The first-order valence-corrected chi connectivity index (χ1v) is 9.05. The molecule has 1 amide bonds. The Balaban J connectivity index is 1.76. The van der Waals surface area contributed by atoms with Gasteiger partial charge in [-0.15, -0.1) is 0 Å². The quantitative estimate of drug-likeness (QED) is 0.691. The first-order chi connectivity index (χ1) is 12.4.